The molecule has 0 unspecified atom stereocenters. The number of hydrogen-bond acceptors (Lipinski definition) is 2. The second-order valence-corrected chi connectivity index (χ2v) is 4.27. The molecule has 1 saturated heterocycles. The largest absolute Gasteiger partial charge is 0.447 e. The van der Waals surface area contributed by atoms with E-state index in [9.17, 15) is 4.79 Å². The molecule has 0 bridgehead atoms. The fourth-order valence-electron chi connectivity index (χ4n) is 1.80. The second kappa shape index (κ2) is 5.23. The maximum absolute atomic E-state index is 11.5. The van der Waals surface area contributed by atoms with Crippen LogP contribution in [0.25, 0.3) is 0 Å². The fourth-order valence-corrected chi connectivity index (χ4v) is 1.80. The van der Waals surface area contributed by atoms with Crippen molar-refractivity contribution < 1.29 is 9.53 Å². The topological polar surface area (TPSA) is 29.5 Å². The highest BCUT2D eigenvalue weighted by molar-refractivity contribution is 5.67. The molecule has 0 saturated carbocycles. The molecule has 0 aromatic heterocycles. The zero-order valence-electron chi connectivity index (χ0n) is 9.45. The van der Waals surface area contributed by atoms with Gasteiger partial charge in [0.1, 0.15) is 0 Å². The number of carbonyl (C=O) groups excluding carboxylic acids is 1. The lowest BCUT2D eigenvalue weighted by Gasteiger charge is -2.31. The van der Waals surface area contributed by atoms with E-state index < -0.39 is 0 Å². The summed E-state index contributed by atoms with van der Waals surface area (Å²) in [5.41, 5.74) is 0. The minimum Gasteiger partial charge on any atom is -0.447 e. The third-order valence-electron chi connectivity index (χ3n) is 2.79. The van der Waals surface area contributed by atoms with E-state index >= 15 is 0 Å². The van der Waals surface area contributed by atoms with Crippen molar-refractivity contribution in [2.24, 2.45) is 5.92 Å². The molecule has 3 heteroatoms. The molecule has 14 heavy (non-hydrogen) atoms. The van der Waals surface area contributed by atoms with Gasteiger partial charge in [-0.2, -0.15) is 0 Å². The number of hydrogen-bond donors (Lipinski definition) is 0. The van der Waals surface area contributed by atoms with E-state index in [1.807, 2.05) is 18.7 Å². The molecule has 0 radical (unpaired) electrons. The first-order valence-electron chi connectivity index (χ1n) is 5.59. The number of piperidine rings is 1. The van der Waals surface area contributed by atoms with Gasteiger partial charge < -0.3 is 9.64 Å². The van der Waals surface area contributed by atoms with E-state index in [4.69, 9.17) is 4.74 Å². The maximum Gasteiger partial charge on any atom is 0.410 e. The summed E-state index contributed by atoms with van der Waals surface area (Å²) in [4.78, 5) is 13.3. The summed E-state index contributed by atoms with van der Waals surface area (Å²) in [5.74, 6) is 0.804. The summed E-state index contributed by atoms with van der Waals surface area (Å²) in [7, 11) is 0. The molecular formula is C11H21NO2. The molecule has 0 atom stereocenters. The van der Waals surface area contributed by atoms with Crippen LogP contribution in [0.3, 0.4) is 0 Å². The van der Waals surface area contributed by atoms with Crippen LogP contribution >= 0.6 is 0 Å². The van der Waals surface area contributed by atoms with Gasteiger partial charge >= 0.3 is 6.09 Å². The van der Waals surface area contributed by atoms with Gasteiger partial charge in [-0.15, -0.1) is 0 Å². The van der Waals surface area contributed by atoms with Gasteiger partial charge in [-0.25, -0.2) is 4.79 Å². The summed E-state index contributed by atoms with van der Waals surface area (Å²) in [6.45, 7) is 7.72. The molecule has 82 valence electrons. The Labute approximate surface area is 86.4 Å². The van der Waals surface area contributed by atoms with Gasteiger partial charge in [-0.05, 0) is 32.6 Å². The van der Waals surface area contributed by atoms with Crippen molar-refractivity contribution in [2.45, 2.75) is 46.1 Å². The zero-order chi connectivity index (χ0) is 10.6. The van der Waals surface area contributed by atoms with Crippen LogP contribution in [0.5, 0.6) is 0 Å². The van der Waals surface area contributed by atoms with Gasteiger partial charge in [0, 0.05) is 13.1 Å². The van der Waals surface area contributed by atoms with E-state index in [2.05, 4.69) is 6.92 Å². The Kier molecular flexibility index (Phi) is 4.23. The quantitative estimate of drug-likeness (QED) is 0.684. The molecule has 0 aromatic carbocycles. The van der Waals surface area contributed by atoms with Gasteiger partial charge in [0.2, 0.25) is 0 Å². The number of amides is 1. The van der Waals surface area contributed by atoms with Gasteiger partial charge in [0.05, 0.1) is 6.10 Å². The molecule has 1 heterocycles. The first kappa shape index (κ1) is 11.3. The lowest BCUT2D eigenvalue weighted by atomic mass is 9.95. The van der Waals surface area contributed by atoms with Crippen LogP contribution in [-0.2, 0) is 4.74 Å². The highest BCUT2D eigenvalue weighted by Crippen LogP contribution is 2.20. The number of ether oxygens (including phenoxy) is 1. The van der Waals surface area contributed by atoms with Crippen LogP contribution in [-0.4, -0.2) is 30.2 Å². The number of rotatable bonds is 2. The third-order valence-corrected chi connectivity index (χ3v) is 2.79. The van der Waals surface area contributed by atoms with Crippen LogP contribution in [0.1, 0.15) is 40.0 Å². The van der Waals surface area contributed by atoms with E-state index in [1.54, 1.807) is 0 Å². The highest BCUT2D eigenvalue weighted by Gasteiger charge is 2.22. The summed E-state index contributed by atoms with van der Waals surface area (Å²) in [6, 6.07) is 0. The Morgan fingerprint density at radius 3 is 2.43 bits per heavy atom. The summed E-state index contributed by atoms with van der Waals surface area (Å²) in [6.07, 6.45) is 3.33. The van der Waals surface area contributed by atoms with Gasteiger partial charge in [-0.1, -0.05) is 13.3 Å². The van der Waals surface area contributed by atoms with Crippen molar-refractivity contribution in [3.8, 4) is 0 Å². The van der Waals surface area contributed by atoms with Crippen molar-refractivity contribution in [1.29, 1.82) is 0 Å². The normalized spacial score (nSPS) is 18.7. The lowest BCUT2D eigenvalue weighted by Crippen LogP contribution is -2.39. The number of likely N-dealkylation sites (tertiary alicyclic amines) is 1. The van der Waals surface area contributed by atoms with E-state index in [-0.39, 0.29) is 12.2 Å². The van der Waals surface area contributed by atoms with Crippen molar-refractivity contribution in [3.63, 3.8) is 0 Å². The second-order valence-electron chi connectivity index (χ2n) is 4.27. The standard InChI is InChI=1S/C11H21NO2/c1-4-10-5-7-12(8-6-10)11(13)14-9(2)3/h9-10H,4-8H2,1-3H3. The van der Waals surface area contributed by atoms with E-state index in [0.29, 0.717) is 0 Å². The Bertz CT molecular complexity index is 184. The summed E-state index contributed by atoms with van der Waals surface area (Å²) in [5, 5.41) is 0. The van der Waals surface area contributed by atoms with E-state index in [0.717, 1.165) is 31.8 Å². The molecule has 0 aliphatic carbocycles. The molecule has 1 rings (SSSR count). The van der Waals surface area contributed by atoms with Crippen LogP contribution in [0.15, 0.2) is 0 Å². The van der Waals surface area contributed by atoms with E-state index in [1.165, 1.54) is 6.42 Å². The van der Waals surface area contributed by atoms with Crippen molar-refractivity contribution >= 4 is 6.09 Å². The molecule has 0 spiro atoms. The fraction of sp³-hybridized carbons (Fsp3) is 0.909. The Morgan fingerprint density at radius 2 is 2.00 bits per heavy atom. The van der Waals surface area contributed by atoms with Crippen LogP contribution in [0, 0.1) is 5.92 Å². The third kappa shape index (κ3) is 3.20. The first-order valence-corrected chi connectivity index (χ1v) is 5.59. The predicted molar refractivity (Wildman–Crippen MR) is 56.2 cm³/mol. The Hall–Kier alpha value is -0.730. The zero-order valence-corrected chi connectivity index (χ0v) is 9.45. The molecular weight excluding hydrogens is 178 g/mol. The maximum atomic E-state index is 11.5. The Balaban J connectivity index is 2.30. The van der Waals surface area contributed by atoms with Gasteiger partial charge in [0.15, 0.2) is 0 Å². The van der Waals surface area contributed by atoms with Crippen molar-refractivity contribution in [3.05, 3.63) is 0 Å². The van der Waals surface area contributed by atoms with Crippen LogP contribution in [0.4, 0.5) is 4.79 Å². The highest BCUT2D eigenvalue weighted by atomic mass is 16.6. The molecule has 3 nitrogen and oxygen atoms in total. The number of nitrogens with zero attached hydrogens (tertiary/aromatic N) is 1. The molecule has 1 aliphatic heterocycles. The average Bonchev–Trinajstić information content (AvgIpc) is 2.17. The molecule has 0 N–H and O–H groups in total. The molecule has 0 aromatic rings. The van der Waals surface area contributed by atoms with Gasteiger partial charge in [0.25, 0.3) is 0 Å². The number of carbonyl (C=O) groups is 1. The average molecular weight is 199 g/mol. The molecule has 1 fully saturated rings. The van der Waals surface area contributed by atoms with Crippen LogP contribution < -0.4 is 0 Å². The van der Waals surface area contributed by atoms with Crippen LogP contribution in [0.2, 0.25) is 0 Å². The Morgan fingerprint density at radius 1 is 1.43 bits per heavy atom. The lowest BCUT2D eigenvalue weighted by molar-refractivity contribution is 0.0651. The molecule has 1 amide bonds. The first-order chi connectivity index (χ1) is 6.63. The smallest absolute Gasteiger partial charge is 0.410 e. The van der Waals surface area contributed by atoms with Gasteiger partial charge in [-0.3, -0.25) is 0 Å². The predicted octanol–water partition coefficient (Wildman–Crippen LogP) is 2.65. The minimum atomic E-state index is -0.144. The van der Waals surface area contributed by atoms with Crippen molar-refractivity contribution in [1.82, 2.24) is 4.90 Å². The molecule has 1 aliphatic rings. The summed E-state index contributed by atoms with van der Waals surface area (Å²) < 4.78 is 5.15. The minimum absolute atomic E-state index is 0.00796. The summed E-state index contributed by atoms with van der Waals surface area (Å²) >= 11 is 0. The monoisotopic (exact) mass is 199 g/mol. The van der Waals surface area contributed by atoms with Crippen molar-refractivity contribution in [2.75, 3.05) is 13.1 Å². The SMILES string of the molecule is CCC1CCN(C(=O)OC(C)C)CC1.